The molecule has 3 aromatic rings. The number of nitrogen functional groups attached to an aromatic ring is 1. The Morgan fingerprint density at radius 3 is 2.62 bits per heavy atom. The van der Waals surface area contributed by atoms with Gasteiger partial charge in [-0.15, -0.1) is 17.9 Å². The Kier molecular flexibility index (Phi) is 5.95. The smallest absolute Gasteiger partial charge is 0.332 e. The van der Waals surface area contributed by atoms with Crippen LogP contribution in [0.4, 0.5) is 5.82 Å². The van der Waals surface area contributed by atoms with Crippen molar-refractivity contribution in [3.05, 3.63) is 59.9 Å². The molecule has 11 heteroatoms. The number of thioether (sulfide) groups is 1. The number of aromatic nitrogens is 4. The predicted molar refractivity (Wildman–Crippen MR) is 127 cm³/mol. The Bertz CT molecular complexity index is 1440. The molecule has 168 valence electrons. The summed E-state index contributed by atoms with van der Waals surface area (Å²) in [6.45, 7) is 3.99. The highest BCUT2D eigenvalue weighted by atomic mass is 32.2. The zero-order valence-corrected chi connectivity index (χ0v) is 19.5. The monoisotopic (exact) mass is 473 g/mol. The Morgan fingerprint density at radius 2 is 1.91 bits per heavy atom. The zero-order chi connectivity index (χ0) is 23.2. The zero-order valence-electron chi connectivity index (χ0n) is 17.8. The van der Waals surface area contributed by atoms with E-state index in [1.54, 1.807) is 6.08 Å². The first-order valence-electron chi connectivity index (χ1n) is 10.1. The van der Waals surface area contributed by atoms with Crippen molar-refractivity contribution < 1.29 is 4.79 Å². The first-order chi connectivity index (χ1) is 15.3. The number of hydrogen-bond acceptors (Lipinski definition) is 8. The minimum Gasteiger partial charge on any atom is -0.384 e. The molecule has 0 fully saturated rings. The van der Waals surface area contributed by atoms with E-state index in [0.29, 0.717) is 15.4 Å². The SMILES string of the molecule is C=CCn1c(SCC(=O)c2c(N)n(C)c(=O)n(C)c2=O)nc2sc3c(c2c1=O)CCCC3. The molecule has 0 unspecified atom stereocenters. The molecule has 0 amide bonds. The number of carbonyl (C=O) groups excluding carboxylic acids is 1. The van der Waals surface area contributed by atoms with E-state index < -0.39 is 17.0 Å². The molecule has 3 aromatic heterocycles. The van der Waals surface area contributed by atoms with Crippen molar-refractivity contribution in [1.29, 1.82) is 0 Å². The number of fused-ring (bicyclic) bond motifs is 3. The first kappa shape index (κ1) is 22.3. The van der Waals surface area contributed by atoms with Crippen molar-refractivity contribution in [3.8, 4) is 0 Å². The summed E-state index contributed by atoms with van der Waals surface area (Å²) in [5.74, 6) is -0.868. The molecule has 3 heterocycles. The lowest BCUT2D eigenvalue weighted by Gasteiger charge is -2.13. The van der Waals surface area contributed by atoms with Gasteiger partial charge < -0.3 is 5.73 Å². The van der Waals surface area contributed by atoms with Crippen molar-refractivity contribution in [2.75, 3.05) is 11.5 Å². The number of hydrogen-bond donors (Lipinski definition) is 1. The van der Waals surface area contributed by atoms with Crippen LogP contribution < -0.4 is 22.5 Å². The lowest BCUT2D eigenvalue weighted by atomic mass is 9.97. The number of aryl methyl sites for hydroxylation is 2. The number of allylic oxidation sites excluding steroid dienone is 1. The molecule has 4 rings (SSSR count). The van der Waals surface area contributed by atoms with Crippen LogP contribution in [0.5, 0.6) is 0 Å². The van der Waals surface area contributed by atoms with Gasteiger partial charge in [-0.3, -0.25) is 28.1 Å². The van der Waals surface area contributed by atoms with Crippen LogP contribution in [0.15, 0.2) is 32.2 Å². The molecule has 0 bridgehead atoms. The Balaban J connectivity index is 1.74. The second-order valence-corrected chi connectivity index (χ2v) is 9.69. The summed E-state index contributed by atoms with van der Waals surface area (Å²) in [7, 11) is 2.70. The van der Waals surface area contributed by atoms with E-state index in [9.17, 15) is 19.2 Å². The van der Waals surface area contributed by atoms with Gasteiger partial charge in [-0.25, -0.2) is 9.78 Å². The first-order valence-corrected chi connectivity index (χ1v) is 11.9. The average Bonchev–Trinajstić information content (AvgIpc) is 3.15. The van der Waals surface area contributed by atoms with Gasteiger partial charge in [-0.1, -0.05) is 17.8 Å². The van der Waals surface area contributed by atoms with Crippen molar-refractivity contribution >= 4 is 44.9 Å². The van der Waals surface area contributed by atoms with E-state index in [1.165, 1.54) is 34.9 Å². The summed E-state index contributed by atoms with van der Waals surface area (Å²) in [5, 5.41) is 1.05. The van der Waals surface area contributed by atoms with Crippen molar-refractivity contribution in [1.82, 2.24) is 18.7 Å². The molecule has 2 N–H and O–H groups in total. The third-order valence-electron chi connectivity index (χ3n) is 5.67. The maximum absolute atomic E-state index is 13.3. The molecule has 32 heavy (non-hydrogen) atoms. The summed E-state index contributed by atoms with van der Waals surface area (Å²) in [5.41, 5.74) is 5.26. The van der Waals surface area contributed by atoms with Gasteiger partial charge >= 0.3 is 5.69 Å². The van der Waals surface area contributed by atoms with Gasteiger partial charge in [0.1, 0.15) is 16.2 Å². The van der Waals surface area contributed by atoms with Crippen molar-refractivity contribution in [2.24, 2.45) is 14.1 Å². The molecule has 0 radical (unpaired) electrons. The van der Waals surface area contributed by atoms with Crippen LogP contribution in [0, 0.1) is 0 Å². The summed E-state index contributed by atoms with van der Waals surface area (Å²) in [6, 6.07) is 0. The average molecular weight is 474 g/mol. The number of rotatable bonds is 6. The summed E-state index contributed by atoms with van der Waals surface area (Å²) in [6.07, 6.45) is 5.60. The summed E-state index contributed by atoms with van der Waals surface area (Å²) in [4.78, 5) is 57.2. The van der Waals surface area contributed by atoms with Crippen LogP contribution in [-0.4, -0.2) is 30.2 Å². The second kappa shape index (κ2) is 8.55. The van der Waals surface area contributed by atoms with Crippen LogP contribution in [-0.2, 0) is 33.5 Å². The summed E-state index contributed by atoms with van der Waals surface area (Å²) >= 11 is 2.60. The van der Waals surface area contributed by atoms with Gasteiger partial charge in [0, 0.05) is 25.5 Å². The molecule has 1 aliphatic rings. The van der Waals surface area contributed by atoms with Crippen LogP contribution >= 0.6 is 23.1 Å². The second-order valence-electron chi connectivity index (χ2n) is 7.67. The van der Waals surface area contributed by atoms with Crippen LogP contribution in [0.1, 0.15) is 33.6 Å². The molecule has 0 aromatic carbocycles. The minimum atomic E-state index is -0.742. The maximum atomic E-state index is 13.3. The fourth-order valence-electron chi connectivity index (χ4n) is 3.94. The third-order valence-corrected chi connectivity index (χ3v) is 7.83. The van der Waals surface area contributed by atoms with Gasteiger partial charge in [0.05, 0.1) is 11.1 Å². The molecule has 9 nitrogen and oxygen atoms in total. The van der Waals surface area contributed by atoms with Crippen molar-refractivity contribution in [3.63, 3.8) is 0 Å². The number of anilines is 1. The van der Waals surface area contributed by atoms with E-state index in [0.717, 1.165) is 52.1 Å². The van der Waals surface area contributed by atoms with Gasteiger partial charge in [0.15, 0.2) is 10.9 Å². The minimum absolute atomic E-state index is 0.137. The molecular weight excluding hydrogens is 450 g/mol. The third kappa shape index (κ3) is 3.55. The lowest BCUT2D eigenvalue weighted by Crippen LogP contribution is -2.41. The highest BCUT2D eigenvalue weighted by Crippen LogP contribution is 2.34. The standard InChI is InChI=1S/C21H23N5O4S2/c1-4-9-26-19(29)14-11-7-5-6-8-13(11)32-17(14)23-20(26)31-10-12(27)15-16(22)24(2)21(30)25(3)18(15)28/h4H,1,5-10,22H2,2-3H3. The van der Waals surface area contributed by atoms with Crippen molar-refractivity contribution in [2.45, 2.75) is 37.4 Å². The fraction of sp³-hybridized carbons (Fsp3) is 0.381. The molecule has 1 aliphatic carbocycles. The molecule has 0 saturated carbocycles. The number of ketones is 1. The number of nitrogens with zero attached hydrogens (tertiary/aromatic N) is 4. The quantitative estimate of drug-likeness (QED) is 0.249. The van der Waals surface area contributed by atoms with Gasteiger partial charge in [0.2, 0.25) is 0 Å². The molecular formula is C21H23N5O4S2. The Labute approximate surface area is 191 Å². The van der Waals surface area contributed by atoms with E-state index >= 15 is 0 Å². The number of nitrogens with two attached hydrogens (primary N) is 1. The highest BCUT2D eigenvalue weighted by Gasteiger charge is 2.24. The van der Waals surface area contributed by atoms with Gasteiger partial charge in [0.25, 0.3) is 11.1 Å². The lowest BCUT2D eigenvalue weighted by molar-refractivity contribution is 0.102. The number of thiophene rings is 1. The van der Waals surface area contributed by atoms with E-state index in [1.807, 2.05) is 0 Å². The van der Waals surface area contributed by atoms with Crippen LogP contribution in [0.3, 0.4) is 0 Å². The Hall–Kier alpha value is -2.92. The molecule has 0 saturated heterocycles. The van der Waals surface area contributed by atoms with Crippen LogP contribution in [0.25, 0.3) is 10.2 Å². The fourth-order valence-corrected chi connectivity index (χ4v) is 6.13. The highest BCUT2D eigenvalue weighted by molar-refractivity contribution is 7.99. The normalized spacial score (nSPS) is 13.3. The number of carbonyl (C=O) groups is 1. The van der Waals surface area contributed by atoms with Gasteiger partial charge in [-0.05, 0) is 31.2 Å². The topological polar surface area (TPSA) is 122 Å². The van der Waals surface area contributed by atoms with E-state index in [2.05, 4.69) is 6.58 Å². The largest absolute Gasteiger partial charge is 0.384 e. The van der Waals surface area contributed by atoms with Crippen LogP contribution in [0.2, 0.25) is 0 Å². The van der Waals surface area contributed by atoms with E-state index in [4.69, 9.17) is 10.7 Å². The molecule has 0 spiro atoms. The Morgan fingerprint density at radius 1 is 1.19 bits per heavy atom. The number of Topliss-reactive ketones (excluding diaryl/α,β-unsaturated/α-hetero) is 1. The predicted octanol–water partition coefficient (Wildman–Crippen LogP) is 1.48. The summed E-state index contributed by atoms with van der Waals surface area (Å²) < 4.78 is 3.42. The molecule has 0 aliphatic heterocycles. The van der Waals surface area contributed by atoms with E-state index in [-0.39, 0.29) is 29.2 Å². The maximum Gasteiger partial charge on any atom is 0.332 e. The van der Waals surface area contributed by atoms with Gasteiger partial charge in [-0.2, -0.15) is 0 Å². The molecule has 0 atom stereocenters.